The molecule has 1 saturated heterocycles. The number of nitrogens with one attached hydrogen (secondary N) is 1. The Kier molecular flexibility index (Phi) is 6.33. The number of fused-ring (bicyclic) bond motifs is 3. The Morgan fingerprint density at radius 2 is 1.94 bits per heavy atom. The van der Waals surface area contributed by atoms with Crippen molar-refractivity contribution < 1.29 is 9.53 Å². The molecular formula is C26H37N3O2. The second-order valence-corrected chi connectivity index (χ2v) is 9.70. The quantitative estimate of drug-likeness (QED) is 0.727. The molecule has 1 saturated carbocycles. The van der Waals surface area contributed by atoms with Crippen molar-refractivity contribution in [3.05, 3.63) is 29.5 Å². The molecule has 0 radical (unpaired) electrons. The van der Waals surface area contributed by atoms with Gasteiger partial charge in [0.25, 0.3) is 0 Å². The zero-order valence-electron chi connectivity index (χ0n) is 19.0. The summed E-state index contributed by atoms with van der Waals surface area (Å²) in [4.78, 5) is 15.5. The molecule has 5 rings (SSSR count). The molecule has 3 heterocycles. The Morgan fingerprint density at radius 1 is 1.13 bits per heavy atom. The Bertz CT molecular complexity index is 922. The summed E-state index contributed by atoms with van der Waals surface area (Å²) in [7, 11) is 0. The third-order valence-electron chi connectivity index (χ3n) is 7.68. The normalized spacial score (nSPS) is 21.3. The summed E-state index contributed by atoms with van der Waals surface area (Å²) in [5.74, 6) is 0.400. The van der Waals surface area contributed by atoms with E-state index in [1.165, 1.54) is 41.4 Å². The van der Waals surface area contributed by atoms with E-state index in [4.69, 9.17) is 4.74 Å². The number of ether oxygens (including phenoxy) is 1. The molecule has 3 aliphatic rings. The number of carbonyl (C=O) groups is 1. The van der Waals surface area contributed by atoms with E-state index in [-0.39, 0.29) is 11.8 Å². The molecule has 2 aliphatic heterocycles. The van der Waals surface area contributed by atoms with E-state index in [2.05, 4.69) is 39.9 Å². The van der Waals surface area contributed by atoms with Crippen molar-refractivity contribution in [2.24, 2.45) is 5.92 Å². The lowest BCUT2D eigenvalue weighted by Crippen LogP contribution is -2.42. The van der Waals surface area contributed by atoms with Crippen LogP contribution >= 0.6 is 0 Å². The van der Waals surface area contributed by atoms with Crippen molar-refractivity contribution in [1.29, 1.82) is 0 Å². The Labute approximate surface area is 186 Å². The van der Waals surface area contributed by atoms with Gasteiger partial charge in [-0.2, -0.15) is 0 Å². The van der Waals surface area contributed by atoms with Gasteiger partial charge in [-0.3, -0.25) is 9.69 Å². The van der Waals surface area contributed by atoms with E-state index >= 15 is 0 Å². The monoisotopic (exact) mass is 423 g/mol. The third-order valence-corrected chi connectivity index (χ3v) is 7.68. The van der Waals surface area contributed by atoms with Gasteiger partial charge in [-0.15, -0.1) is 0 Å². The van der Waals surface area contributed by atoms with Crippen LogP contribution in [0.3, 0.4) is 0 Å². The van der Waals surface area contributed by atoms with E-state index in [0.29, 0.717) is 6.04 Å². The molecule has 1 amide bonds. The molecular weight excluding hydrogens is 386 g/mol. The summed E-state index contributed by atoms with van der Waals surface area (Å²) in [6.45, 7) is 7.27. The summed E-state index contributed by atoms with van der Waals surface area (Å²) in [6, 6.07) is 7.23. The van der Waals surface area contributed by atoms with Gasteiger partial charge in [-0.25, -0.2) is 0 Å². The van der Waals surface area contributed by atoms with Gasteiger partial charge in [0, 0.05) is 73.5 Å². The summed E-state index contributed by atoms with van der Waals surface area (Å²) < 4.78 is 8.14. The minimum absolute atomic E-state index is 0.187. The lowest BCUT2D eigenvalue weighted by Gasteiger charge is -2.37. The number of carbonyl (C=O) groups excluding carboxylic acids is 1. The first-order chi connectivity index (χ1) is 15.2. The van der Waals surface area contributed by atoms with Gasteiger partial charge in [0.2, 0.25) is 5.91 Å². The van der Waals surface area contributed by atoms with Crippen molar-refractivity contribution in [2.45, 2.75) is 83.8 Å². The molecule has 5 heteroatoms. The molecule has 0 unspecified atom stereocenters. The maximum Gasteiger partial charge on any atom is 0.227 e. The van der Waals surface area contributed by atoms with Crippen LogP contribution in [0.4, 0.5) is 5.69 Å². The highest BCUT2D eigenvalue weighted by molar-refractivity contribution is 5.96. The second kappa shape index (κ2) is 9.33. The number of hydrogen-bond donors (Lipinski definition) is 1. The van der Waals surface area contributed by atoms with Crippen molar-refractivity contribution in [3.63, 3.8) is 0 Å². The van der Waals surface area contributed by atoms with E-state index in [0.717, 1.165) is 77.1 Å². The predicted molar refractivity (Wildman–Crippen MR) is 125 cm³/mol. The van der Waals surface area contributed by atoms with E-state index in [9.17, 15) is 4.79 Å². The highest BCUT2D eigenvalue weighted by Crippen LogP contribution is 2.35. The van der Waals surface area contributed by atoms with Crippen molar-refractivity contribution >= 4 is 22.5 Å². The van der Waals surface area contributed by atoms with Crippen LogP contribution in [-0.4, -0.2) is 41.2 Å². The number of amides is 1. The highest BCUT2D eigenvalue weighted by atomic mass is 16.5. The SMILES string of the molecule is CCCn1c2c(c3cc(NC(=O)C4CCCCC4)ccc31)CN(C1CCOCC1)CC2. The Hall–Kier alpha value is -1.85. The molecule has 5 nitrogen and oxygen atoms in total. The fourth-order valence-corrected chi connectivity index (χ4v) is 6.00. The van der Waals surface area contributed by atoms with Crippen LogP contribution in [0.15, 0.2) is 18.2 Å². The second-order valence-electron chi connectivity index (χ2n) is 9.70. The van der Waals surface area contributed by atoms with Crippen molar-refractivity contribution in [1.82, 2.24) is 9.47 Å². The first-order valence-corrected chi connectivity index (χ1v) is 12.5. The molecule has 0 atom stereocenters. The van der Waals surface area contributed by atoms with Gasteiger partial charge in [-0.1, -0.05) is 26.2 Å². The fourth-order valence-electron chi connectivity index (χ4n) is 6.00. The molecule has 1 aliphatic carbocycles. The number of aryl methyl sites for hydroxylation is 1. The van der Waals surface area contributed by atoms with Crippen molar-refractivity contribution in [2.75, 3.05) is 25.1 Å². The van der Waals surface area contributed by atoms with Crippen LogP contribution in [0.5, 0.6) is 0 Å². The summed E-state index contributed by atoms with van der Waals surface area (Å²) >= 11 is 0. The highest BCUT2D eigenvalue weighted by Gasteiger charge is 2.29. The number of nitrogens with zero attached hydrogens (tertiary/aromatic N) is 2. The lowest BCUT2D eigenvalue weighted by atomic mass is 9.88. The van der Waals surface area contributed by atoms with Gasteiger partial charge < -0.3 is 14.6 Å². The maximum absolute atomic E-state index is 12.8. The first kappa shape index (κ1) is 21.0. The minimum atomic E-state index is 0.187. The van der Waals surface area contributed by atoms with Gasteiger partial charge in [-0.05, 0) is 55.9 Å². The van der Waals surface area contributed by atoms with Gasteiger partial charge in [0.05, 0.1) is 0 Å². The van der Waals surface area contributed by atoms with E-state index in [1.54, 1.807) is 0 Å². The van der Waals surface area contributed by atoms with Crippen LogP contribution < -0.4 is 5.32 Å². The average molecular weight is 424 g/mol. The first-order valence-electron chi connectivity index (χ1n) is 12.5. The minimum Gasteiger partial charge on any atom is -0.381 e. The number of anilines is 1. The van der Waals surface area contributed by atoms with Crippen LogP contribution in [-0.2, 0) is 29.0 Å². The molecule has 1 aromatic carbocycles. The largest absolute Gasteiger partial charge is 0.381 e. The summed E-state index contributed by atoms with van der Waals surface area (Å²) in [5, 5.41) is 4.58. The molecule has 2 fully saturated rings. The zero-order valence-corrected chi connectivity index (χ0v) is 19.0. The van der Waals surface area contributed by atoms with Gasteiger partial charge >= 0.3 is 0 Å². The smallest absolute Gasteiger partial charge is 0.227 e. The summed E-state index contributed by atoms with van der Waals surface area (Å²) in [5.41, 5.74) is 5.28. The average Bonchev–Trinajstić information content (AvgIpc) is 3.13. The molecule has 31 heavy (non-hydrogen) atoms. The van der Waals surface area contributed by atoms with Crippen molar-refractivity contribution in [3.8, 4) is 0 Å². The maximum atomic E-state index is 12.8. The standard InChI is InChI=1S/C26H37N3O2/c1-2-13-29-24-9-8-20(27-26(30)19-6-4-3-5-7-19)17-22(24)23-18-28(14-10-25(23)29)21-11-15-31-16-12-21/h8-9,17,19,21H,2-7,10-16,18H2,1H3,(H,27,30). The Balaban J connectivity index is 1.43. The molecule has 168 valence electrons. The molecule has 0 bridgehead atoms. The fraction of sp³-hybridized carbons (Fsp3) is 0.654. The van der Waals surface area contributed by atoms with E-state index in [1.807, 2.05) is 0 Å². The molecule has 1 aromatic heterocycles. The number of rotatable bonds is 5. The molecule has 1 N–H and O–H groups in total. The molecule has 0 spiro atoms. The number of hydrogen-bond acceptors (Lipinski definition) is 3. The summed E-state index contributed by atoms with van der Waals surface area (Å²) in [6.07, 6.45) is 10.3. The predicted octanol–water partition coefficient (Wildman–Crippen LogP) is 5.11. The van der Waals surface area contributed by atoms with Gasteiger partial charge in [0.1, 0.15) is 0 Å². The van der Waals surface area contributed by atoms with Crippen LogP contribution in [0.1, 0.15) is 69.5 Å². The zero-order chi connectivity index (χ0) is 21.2. The number of aromatic nitrogens is 1. The molecule has 2 aromatic rings. The third kappa shape index (κ3) is 4.27. The van der Waals surface area contributed by atoms with Gasteiger partial charge in [0.15, 0.2) is 0 Å². The number of benzene rings is 1. The lowest BCUT2D eigenvalue weighted by molar-refractivity contribution is -0.120. The van der Waals surface area contributed by atoms with Crippen LogP contribution in [0, 0.1) is 5.92 Å². The topological polar surface area (TPSA) is 46.5 Å². The Morgan fingerprint density at radius 3 is 2.71 bits per heavy atom. The van der Waals surface area contributed by atoms with Crippen LogP contribution in [0.2, 0.25) is 0 Å². The van der Waals surface area contributed by atoms with Crippen LogP contribution in [0.25, 0.3) is 10.9 Å². The van der Waals surface area contributed by atoms with E-state index < -0.39 is 0 Å².